The topological polar surface area (TPSA) is 65.3 Å². The van der Waals surface area contributed by atoms with E-state index in [0.717, 1.165) is 10.9 Å². The number of aliphatic hydroxyl groups is 1. The van der Waals surface area contributed by atoms with Gasteiger partial charge in [0.25, 0.3) is 0 Å². The number of anilines is 1. The standard InChI is InChI=1S/C15H15FN2O2S/c16-14-6-11(7-17)3-4-15(14)18-8-12(19)9-20-10-13-2-1-5-21-13/h1-6,12,18-19H,8-10H2. The van der Waals surface area contributed by atoms with Gasteiger partial charge in [0.05, 0.1) is 36.6 Å². The van der Waals surface area contributed by atoms with Gasteiger partial charge in [-0.3, -0.25) is 0 Å². The van der Waals surface area contributed by atoms with Crippen LogP contribution in [0.4, 0.5) is 10.1 Å². The number of hydrogen-bond donors (Lipinski definition) is 2. The minimum absolute atomic E-state index is 0.169. The van der Waals surface area contributed by atoms with Crippen molar-refractivity contribution >= 4 is 17.0 Å². The van der Waals surface area contributed by atoms with Gasteiger partial charge in [-0.15, -0.1) is 11.3 Å². The number of hydrogen-bond acceptors (Lipinski definition) is 5. The van der Waals surface area contributed by atoms with Gasteiger partial charge in [0.1, 0.15) is 5.82 Å². The lowest BCUT2D eigenvalue weighted by Gasteiger charge is -2.13. The van der Waals surface area contributed by atoms with Crippen LogP contribution in [-0.2, 0) is 11.3 Å². The van der Waals surface area contributed by atoms with Crippen LogP contribution >= 0.6 is 11.3 Å². The van der Waals surface area contributed by atoms with Crippen LogP contribution in [0.3, 0.4) is 0 Å². The molecular weight excluding hydrogens is 291 g/mol. The highest BCUT2D eigenvalue weighted by atomic mass is 32.1. The average Bonchev–Trinajstić information content (AvgIpc) is 2.99. The summed E-state index contributed by atoms with van der Waals surface area (Å²) in [6.45, 7) is 0.802. The number of nitrogens with zero attached hydrogens (tertiary/aromatic N) is 1. The van der Waals surface area contributed by atoms with Crippen molar-refractivity contribution in [3.63, 3.8) is 0 Å². The van der Waals surface area contributed by atoms with Crippen LogP contribution in [-0.4, -0.2) is 24.4 Å². The van der Waals surface area contributed by atoms with Crippen molar-refractivity contribution in [2.24, 2.45) is 0 Å². The van der Waals surface area contributed by atoms with Gasteiger partial charge in [-0.2, -0.15) is 5.26 Å². The van der Waals surface area contributed by atoms with E-state index in [1.165, 1.54) is 12.1 Å². The molecule has 110 valence electrons. The van der Waals surface area contributed by atoms with E-state index < -0.39 is 11.9 Å². The molecule has 0 radical (unpaired) electrons. The van der Waals surface area contributed by atoms with E-state index in [-0.39, 0.29) is 24.4 Å². The quantitative estimate of drug-likeness (QED) is 0.825. The van der Waals surface area contributed by atoms with E-state index in [0.29, 0.717) is 6.61 Å². The fraction of sp³-hybridized carbons (Fsp3) is 0.267. The second kappa shape index (κ2) is 7.74. The van der Waals surface area contributed by atoms with Gasteiger partial charge < -0.3 is 15.2 Å². The summed E-state index contributed by atoms with van der Waals surface area (Å²) < 4.78 is 19.0. The van der Waals surface area contributed by atoms with E-state index in [1.807, 2.05) is 23.6 Å². The first-order chi connectivity index (χ1) is 10.2. The van der Waals surface area contributed by atoms with Gasteiger partial charge in [-0.1, -0.05) is 6.07 Å². The van der Waals surface area contributed by atoms with Gasteiger partial charge in [0, 0.05) is 11.4 Å². The number of rotatable bonds is 7. The van der Waals surface area contributed by atoms with Crippen LogP contribution in [0.2, 0.25) is 0 Å². The number of ether oxygens (including phenoxy) is 1. The molecule has 2 N–H and O–H groups in total. The minimum Gasteiger partial charge on any atom is -0.389 e. The molecule has 2 rings (SSSR count). The van der Waals surface area contributed by atoms with Gasteiger partial charge >= 0.3 is 0 Å². The second-order valence-corrected chi connectivity index (χ2v) is 5.47. The first-order valence-corrected chi connectivity index (χ1v) is 7.28. The Bertz CT molecular complexity index is 611. The molecule has 0 saturated heterocycles. The first-order valence-electron chi connectivity index (χ1n) is 6.40. The molecule has 1 aromatic heterocycles. The number of aliphatic hydroxyl groups excluding tert-OH is 1. The predicted octanol–water partition coefficient (Wildman–Crippen LogP) is 2.75. The molecule has 0 aliphatic carbocycles. The smallest absolute Gasteiger partial charge is 0.147 e. The highest BCUT2D eigenvalue weighted by Crippen LogP contribution is 2.15. The Hall–Kier alpha value is -1.94. The summed E-state index contributed by atoms with van der Waals surface area (Å²) in [5.41, 5.74) is 0.518. The highest BCUT2D eigenvalue weighted by Gasteiger charge is 2.08. The lowest BCUT2D eigenvalue weighted by Crippen LogP contribution is -2.25. The fourth-order valence-corrected chi connectivity index (χ4v) is 2.35. The van der Waals surface area contributed by atoms with Crippen LogP contribution < -0.4 is 5.32 Å². The number of thiophene rings is 1. The van der Waals surface area contributed by atoms with Crippen molar-refractivity contribution in [1.29, 1.82) is 5.26 Å². The van der Waals surface area contributed by atoms with Crippen molar-refractivity contribution < 1.29 is 14.2 Å². The van der Waals surface area contributed by atoms with E-state index in [2.05, 4.69) is 5.32 Å². The Morgan fingerprint density at radius 1 is 1.43 bits per heavy atom. The summed E-state index contributed by atoms with van der Waals surface area (Å²) in [5, 5.41) is 23.2. The minimum atomic E-state index is -0.736. The molecule has 0 fully saturated rings. The number of nitrogens with one attached hydrogen (secondary N) is 1. The van der Waals surface area contributed by atoms with E-state index >= 15 is 0 Å². The van der Waals surface area contributed by atoms with E-state index in [9.17, 15) is 9.50 Å². The molecule has 1 unspecified atom stereocenters. The monoisotopic (exact) mass is 306 g/mol. The molecule has 4 nitrogen and oxygen atoms in total. The van der Waals surface area contributed by atoms with Crippen molar-refractivity contribution in [3.05, 3.63) is 52.0 Å². The van der Waals surface area contributed by atoms with Gasteiger partial charge in [-0.05, 0) is 29.6 Å². The van der Waals surface area contributed by atoms with Crippen LogP contribution in [0.25, 0.3) is 0 Å². The van der Waals surface area contributed by atoms with E-state index in [1.54, 1.807) is 11.3 Å². The summed E-state index contributed by atoms with van der Waals surface area (Å²) in [5.74, 6) is -0.513. The van der Waals surface area contributed by atoms with Crippen LogP contribution in [0, 0.1) is 17.1 Å². The number of halogens is 1. The van der Waals surface area contributed by atoms with E-state index in [4.69, 9.17) is 10.00 Å². The van der Waals surface area contributed by atoms with Crippen molar-refractivity contribution in [1.82, 2.24) is 0 Å². The zero-order valence-electron chi connectivity index (χ0n) is 11.3. The maximum absolute atomic E-state index is 13.6. The van der Waals surface area contributed by atoms with Crippen LogP contribution in [0.1, 0.15) is 10.4 Å². The lowest BCUT2D eigenvalue weighted by molar-refractivity contribution is 0.0358. The molecule has 1 heterocycles. The van der Waals surface area contributed by atoms with Crippen molar-refractivity contribution in [2.45, 2.75) is 12.7 Å². The zero-order valence-corrected chi connectivity index (χ0v) is 12.1. The normalized spacial score (nSPS) is 11.9. The summed E-state index contributed by atoms with van der Waals surface area (Å²) in [7, 11) is 0. The molecule has 0 bridgehead atoms. The maximum atomic E-state index is 13.6. The Morgan fingerprint density at radius 3 is 2.95 bits per heavy atom. The maximum Gasteiger partial charge on any atom is 0.147 e. The molecule has 0 saturated carbocycles. The lowest BCUT2D eigenvalue weighted by atomic mass is 10.2. The Kier molecular flexibility index (Phi) is 5.69. The second-order valence-electron chi connectivity index (χ2n) is 4.44. The predicted molar refractivity (Wildman–Crippen MR) is 79.6 cm³/mol. The molecule has 0 spiro atoms. The van der Waals surface area contributed by atoms with Crippen LogP contribution in [0.5, 0.6) is 0 Å². The molecule has 0 amide bonds. The first kappa shape index (κ1) is 15.4. The Labute approximate surface area is 126 Å². The summed E-state index contributed by atoms with van der Waals surface area (Å²) in [6, 6.07) is 9.92. The largest absolute Gasteiger partial charge is 0.389 e. The Balaban J connectivity index is 1.73. The summed E-state index contributed by atoms with van der Waals surface area (Å²) in [4.78, 5) is 1.09. The van der Waals surface area contributed by atoms with Gasteiger partial charge in [-0.25, -0.2) is 4.39 Å². The fourth-order valence-electron chi connectivity index (χ4n) is 1.70. The molecule has 2 aromatic rings. The van der Waals surface area contributed by atoms with Crippen molar-refractivity contribution in [2.75, 3.05) is 18.5 Å². The summed E-state index contributed by atoms with van der Waals surface area (Å²) in [6.07, 6.45) is -0.736. The molecule has 1 atom stereocenters. The zero-order chi connectivity index (χ0) is 15.1. The van der Waals surface area contributed by atoms with Crippen molar-refractivity contribution in [3.8, 4) is 6.07 Å². The number of nitriles is 1. The van der Waals surface area contributed by atoms with Gasteiger partial charge in [0.15, 0.2) is 0 Å². The third-order valence-electron chi connectivity index (χ3n) is 2.76. The Morgan fingerprint density at radius 2 is 2.29 bits per heavy atom. The average molecular weight is 306 g/mol. The number of benzene rings is 1. The van der Waals surface area contributed by atoms with Gasteiger partial charge in [0.2, 0.25) is 0 Å². The molecule has 21 heavy (non-hydrogen) atoms. The molecule has 6 heteroatoms. The molecule has 1 aromatic carbocycles. The molecular formula is C15H15FN2O2S. The van der Waals surface area contributed by atoms with Crippen LogP contribution in [0.15, 0.2) is 35.7 Å². The third kappa shape index (κ3) is 4.83. The molecule has 0 aliphatic heterocycles. The third-order valence-corrected chi connectivity index (χ3v) is 3.61. The highest BCUT2D eigenvalue weighted by molar-refractivity contribution is 7.09. The summed E-state index contributed by atoms with van der Waals surface area (Å²) >= 11 is 1.59. The molecule has 0 aliphatic rings. The SMILES string of the molecule is N#Cc1ccc(NCC(O)COCc2cccs2)c(F)c1.